The van der Waals surface area contributed by atoms with Crippen molar-refractivity contribution in [3.63, 3.8) is 0 Å². The molecule has 2 aromatic carbocycles. The molecule has 12 heteroatoms. The number of tetrazole rings is 1. The van der Waals surface area contributed by atoms with Gasteiger partial charge in [0.1, 0.15) is 12.2 Å². The largest absolute Gasteiger partial charge is 0.480 e. The summed E-state index contributed by atoms with van der Waals surface area (Å²) in [6, 6.07) is 14.5. The fraction of sp³-hybridized carbons (Fsp3) is 0.448. The van der Waals surface area contributed by atoms with Crippen LogP contribution in [0.1, 0.15) is 81.9 Å². The van der Waals surface area contributed by atoms with Crippen molar-refractivity contribution in [1.29, 1.82) is 0 Å². The summed E-state index contributed by atoms with van der Waals surface area (Å²) >= 11 is 0. The van der Waals surface area contributed by atoms with Gasteiger partial charge < -0.3 is 25.2 Å². The number of aromatic nitrogens is 4. The highest BCUT2D eigenvalue weighted by atomic mass is 16.6. The van der Waals surface area contributed by atoms with E-state index in [0.29, 0.717) is 19.4 Å². The van der Waals surface area contributed by atoms with E-state index in [1.807, 2.05) is 24.3 Å². The SMILES string of the molecule is CC(NC(=O)OC(C)(C)C)c1nnnn1C(CCCCNC(=O)OCC1c2ccccc2-c2ccccc21)C(=O)O. The number of benzene rings is 2. The first-order valence-corrected chi connectivity index (χ1v) is 13.6. The second kappa shape index (κ2) is 12.8. The number of unbranched alkanes of at least 4 members (excludes halogenated alkanes) is 1. The predicted octanol–water partition coefficient (Wildman–Crippen LogP) is 4.59. The van der Waals surface area contributed by atoms with Crippen LogP contribution in [0.15, 0.2) is 48.5 Å². The number of alkyl carbamates (subject to hydrolysis) is 2. The van der Waals surface area contributed by atoms with Gasteiger partial charge in [-0.25, -0.2) is 19.1 Å². The molecule has 0 radical (unpaired) electrons. The molecular weight excluding hydrogens is 528 g/mol. The summed E-state index contributed by atoms with van der Waals surface area (Å²) in [6.07, 6.45) is 0.0429. The molecule has 218 valence electrons. The third kappa shape index (κ3) is 7.38. The summed E-state index contributed by atoms with van der Waals surface area (Å²) in [5, 5.41) is 26.6. The molecule has 2 unspecified atom stereocenters. The van der Waals surface area contributed by atoms with Crippen LogP contribution in [0.2, 0.25) is 0 Å². The van der Waals surface area contributed by atoms with Crippen molar-refractivity contribution < 1.29 is 29.0 Å². The van der Waals surface area contributed by atoms with E-state index in [1.165, 1.54) is 4.68 Å². The maximum absolute atomic E-state index is 12.4. The maximum Gasteiger partial charge on any atom is 0.408 e. The lowest BCUT2D eigenvalue weighted by Gasteiger charge is -2.22. The van der Waals surface area contributed by atoms with Crippen molar-refractivity contribution in [3.8, 4) is 11.1 Å². The number of hydrogen-bond donors (Lipinski definition) is 3. The lowest BCUT2D eigenvalue weighted by atomic mass is 9.98. The van der Waals surface area contributed by atoms with Crippen LogP contribution in [-0.2, 0) is 14.3 Å². The third-order valence-corrected chi connectivity index (χ3v) is 6.74. The summed E-state index contributed by atoms with van der Waals surface area (Å²) < 4.78 is 12.0. The topological polar surface area (TPSA) is 158 Å². The van der Waals surface area contributed by atoms with Gasteiger partial charge in [-0.05, 0) is 79.6 Å². The second-order valence-corrected chi connectivity index (χ2v) is 11.0. The molecule has 0 saturated heterocycles. The first kappa shape index (κ1) is 29.5. The average Bonchev–Trinajstić information content (AvgIpc) is 3.51. The standard InChI is InChI=1S/C29H36N6O6/c1-18(31-28(39)41-29(2,3)4)25-32-33-34-35(25)24(26(36)37)15-9-10-16-30-27(38)40-17-23-21-13-7-5-11-19(21)20-12-6-8-14-22(20)23/h5-8,11-14,18,23-24H,9-10,15-17H2,1-4H3,(H,30,38)(H,31,39)(H,36,37). The van der Waals surface area contributed by atoms with Gasteiger partial charge in [0, 0.05) is 12.5 Å². The third-order valence-electron chi connectivity index (χ3n) is 6.74. The van der Waals surface area contributed by atoms with Crippen LogP contribution < -0.4 is 10.6 Å². The van der Waals surface area contributed by atoms with Crippen LogP contribution >= 0.6 is 0 Å². The van der Waals surface area contributed by atoms with Crippen molar-refractivity contribution >= 4 is 18.2 Å². The molecular formula is C29H36N6O6. The number of carbonyl (C=O) groups excluding carboxylic acids is 2. The Labute approximate surface area is 238 Å². The Bertz CT molecular complexity index is 1340. The van der Waals surface area contributed by atoms with Gasteiger partial charge in [0.15, 0.2) is 11.9 Å². The van der Waals surface area contributed by atoms with Crippen LogP contribution in [-0.4, -0.2) is 62.2 Å². The van der Waals surface area contributed by atoms with Gasteiger partial charge in [-0.1, -0.05) is 48.5 Å². The minimum atomic E-state index is -1.10. The van der Waals surface area contributed by atoms with E-state index in [2.05, 4.69) is 50.4 Å². The van der Waals surface area contributed by atoms with Crippen LogP contribution in [0.5, 0.6) is 0 Å². The van der Waals surface area contributed by atoms with Crippen LogP contribution in [0.3, 0.4) is 0 Å². The molecule has 1 aliphatic carbocycles. The van der Waals surface area contributed by atoms with Gasteiger partial charge in [-0.3, -0.25) is 0 Å². The van der Waals surface area contributed by atoms with Gasteiger partial charge in [-0.2, -0.15) is 0 Å². The summed E-state index contributed by atoms with van der Waals surface area (Å²) in [6.45, 7) is 7.41. The highest BCUT2D eigenvalue weighted by Gasteiger charge is 2.30. The molecule has 2 amide bonds. The Morgan fingerprint density at radius 2 is 1.63 bits per heavy atom. The first-order chi connectivity index (χ1) is 19.5. The molecule has 1 aliphatic rings. The number of fused-ring (bicyclic) bond motifs is 3. The van der Waals surface area contributed by atoms with E-state index in [4.69, 9.17) is 9.47 Å². The summed E-state index contributed by atoms with van der Waals surface area (Å²) in [4.78, 5) is 36.6. The fourth-order valence-electron chi connectivity index (χ4n) is 4.91. The van der Waals surface area contributed by atoms with Crippen molar-refractivity contribution in [2.45, 2.75) is 70.6 Å². The van der Waals surface area contributed by atoms with Crippen molar-refractivity contribution in [1.82, 2.24) is 30.8 Å². The highest BCUT2D eigenvalue weighted by molar-refractivity contribution is 5.79. The molecule has 1 heterocycles. The number of carbonyl (C=O) groups is 3. The number of carboxylic acids is 1. The molecule has 2 atom stereocenters. The van der Waals surface area contributed by atoms with E-state index in [-0.39, 0.29) is 24.8 Å². The summed E-state index contributed by atoms with van der Waals surface area (Å²) in [5.74, 6) is -0.935. The van der Waals surface area contributed by atoms with Gasteiger partial charge in [-0.15, -0.1) is 5.10 Å². The number of rotatable bonds is 11. The Morgan fingerprint density at radius 3 is 2.24 bits per heavy atom. The lowest BCUT2D eigenvalue weighted by Crippen LogP contribution is -2.35. The van der Waals surface area contributed by atoms with E-state index in [0.717, 1.165) is 22.3 Å². The summed E-state index contributed by atoms with van der Waals surface area (Å²) in [7, 11) is 0. The minimum absolute atomic E-state index is 0.0258. The lowest BCUT2D eigenvalue weighted by molar-refractivity contribution is -0.141. The van der Waals surface area contributed by atoms with Crippen molar-refractivity contribution in [2.24, 2.45) is 0 Å². The predicted molar refractivity (Wildman–Crippen MR) is 149 cm³/mol. The monoisotopic (exact) mass is 564 g/mol. The fourth-order valence-corrected chi connectivity index (χ4v) is 4.91. The zero-order valence-corrected chi connectivity index (χ0v) is 23.7. The Balaban J connectivity index is 1.24. The van der Waals surface area contributed by atoms with Crippen LogP contribution in [0, 0.1) is 0 Å². The van der Waals surface area contributed by atoms with E-state index in [1.54, 1.807) is 27.7 Å². The zero-order valence-electron chi connectivity index (χ0n) is 23.7. The summed E-state index contributed by atoms with van der Waals surface area (Å²) in [5.41, 5.74) is 3.90. The Hall–Kier alpha value is -4.48. The number of amides is 2. The van der Waals surface area contributed by atoms with Gasteiger partial charge >= 0.3 is 18.2 Å². The second-order valence-electron chi connectivity index (χ2n) is 11.0. The smallest absolute Gasteiger partial charge is 0.408 e. The quantitative estimate of drug-likeness (QED) is 0.283. The molecule has 3 aromatic rings. The highest BCUT2D eigenvalue weighted by Crippen LogP contribution is 2.44. The molecule has 0 bridgehead atoms. The molecule has 0 aliphatic heterocycles. The molecule has 0 saturated carbocycles. The van der Waals surface area contributed by atoms with Gasteiger partial charge in [0.25, 0.3) is 0 Å². The van der Waals surface area contributed by atoms with Gasteiger partial charge in [0.2, 0.25) is 0 Å². The first-order valence-electron chi connectivity index (χ1n) is 13.6. The molecule has 3 N–H and O–H groups in total. The maximum atomic E-state index is 12.4. The number of carboxylic acid groups (broad SMARTS) is 1. The molecule has 0 spiro atoms. The van der Waals surface area contributed by atoms with Gasteiger partial charge in [0.05, 0.1) is 6.04 Å². The molecule has 4 rings (SSSR count). The van der Waals surface area contributed by atoms with E-state index in [9.17, 15) is 19.5 Å². The Morgan fingerprint density at radius 1 is 1.00 bits per heavy atom. The minimum Gasteiger partial charge on any atom is -0.480 e. The van der Waals surface area contributed by atoms with E-state index < -0.39 is 35.8 Å². The molecule has 1 aromatic heterocycles. The Kier molecular flexibility index (Phi) is 9.21. The number of hydrogen-bond acceptors (Lipinski definition) is 8. The number of aliphatic carboxylic acids is 1. The molecule has 41 heavy (non-hydrogen) atoms. The van der Waals surface area contributed by atoms with Crippen LogP contribution in [0.25, 0.3) is 11.1 Å². The molecule has 0 fully saturated rings. The van der Waals surface area contributed by atoms with Crippen molar-refractivity contribution in [2.75, 3.05) is 13.2 Å². The zero-order chi connectivity index (χ0) is 29.6. The number of nitrogens with zero attached hydrogens (tertiary/aromatic N) is 4. The number of ether oxygens (including phenoxy) is 2. The molecule has 12 nitrogen and oxygen atoms in total. The normalized spacial score (nSPS) is 14.0. The van der Waals surface area contributed by atoms with Crippen LogP contribution in [0.4, 0.5) is 9.59 Å². The van der Waals surface area contributed by atoms with Crippen molar-refractivity contribution in [3.05, 3.63) is 65.5 Å². The number of nitrogens with one attached hydrogen (secondary N) is 2. The average molecular weight is 565 g/mol. The van der Waals surface area contributed by atoms with E-state index >= 15 is 0 Å².